The maximum atomic E-state index is 6.20. The summed E-state index contributed by atoms with van der Waals surface area (Å²) in [5.41, 5.74) is 2.36. The average molecular weight is 319 g/mol. The number of allylic oxidation sites excluding steroid dienone is 1. The van der Waals surface area contributed by atoms with E-state index in [1.54, 1.807) is 0 Å². The van der Waals surface area contributed by atoms with Crippen molar-refractivity contribution in [2.75, 3.05) is 6.61 Å². The summed E-state index contributed by atoms with van der Waals surface area (Å²) < 4.78 is 12.1. The Bertz CT molecular complexity index is 522. The average Bonchev–Trinajstić information content (AvgIpc) is 2.43. The van der Waals surface area contributed by atoms with E-state index in [1.165, 1.54) is 11.1 Å². The summed E-state index contributed by atoms with van der Waals surface area (Å²) in [6.45, 7) is 15.7. The van der Waals surface area contributed by atoms with Gasteiger partial charge in [0.25, 0.3) is 14.3 Å². The van der Waals surface area contributed by atoms with E-state index in [0.29, 0.717) is 12.6 Å². The molecule has 0 unspecified atom stereocenters. The molecule has 0 atom stereocenters. The van der Waals surface area contributed by atoms with Gasteiger partial charge in [-0.25, -0.2) is 0 Å². The van der Waals surface area contributed by atoms with E-state index in [1.807, 2.05) is 31.2 Å². The molecule has 0 amide bonds. The highest BCUT2D eigenvalue weighted by atomic mass is 28.4. The summed E-state index contributed by atoms with van der Waals surface area (Å²) in [4.78, 5) is 0. The maximum absolute atomic E-state index is 6.20. The van der Waals surface area contributed by atoms with Crippen LogP contribution in [0.15, 0.2) is 47.9 Å². The normalized spacial score (nSPS) is 14.0. The lowest BCUT2D eigenvalue weighted by Gasteiger charge is -2.36. The fraction of sp³-hybridized carbons (Fsp3) is 0.474. The van der Waals surface area contributed by atoms with Gasteiger partial charge in [-0.1, -0.05) is 57.2 Å². The molecule has 0 radical (unpaired) electrons. The first-order valence-corrected chi connectivity index (χ1v) is 10.8. The van der Waals surface area contributed by atoms with Crippen LogP contribution < -0.4 is 0 Å². The minimum absolute atomic E-state index is 0.166. The van der Waals surface area contributed by atoms with Gasteiger partial charge in [0.05, 0.1) is 0 Å². The Balaban J connectivity index is 2.64. The summed E-state index contributed by atoms with van der Waals surface area (Å²) in [5, 5.41) is 0.166. The molecule has 0 aliphatic carbocycles. The second kappa shape index (κ2) is 7.68. The first-order valence-electron chi connectivity index (χ1n) is 7.86. The molecule has 0 saturated carbocycles. The van der Waals surface area contributed by atoms with Gasteiger partial charge >= 0.3 is 0 Å². The lowest BCUT2D eigenvalue weighted by molar-refractivity contribution is 0.113. The van der Waals surface area contributed by atoms with E-state index in [-0.39, 0.29) is 5.04 Å². The first kappa shape index (κ1) is 18.6. The molecule has 1 aromatic carbocycles. The summed E-state index contributed by atoms with van der Waals surface area (Å²) in [6.07, 6.45) is 4.05. The monoisotopic (exact) mass is 318 g/mol. The molecule has 0 aliphatic heterocycles. The Kier molecular flexibility index (Phi) is 6.48. The Morgan fingerprint density at radius 1 is 1.14 bits per heavy atom. The quantitative estimate of drug-likeness (QED) is 0.474. The fourth-order valence-electron chi connectivity index (χ4n) is 1.64. The van der Waals surface area contributed by atoms with Crippen LogP contribution in [0.1, 0.15) is 40.2 Å². The van der Waals surface area contributed by atoms with E-state index in [2.05, 4.69) is 59.0 Å². The van der Waals surface area contributed by atoms with Crippen LogP contribution in [0.5, 0.6) is 0 Å². The smallest absolute Gasteiger partial charge is 0.261 e. The molecule has 3 heteroatoms. The Hall–Kier alpha value is -1.48. The van der Waals surface area contributed by atoms with E-state index in [9.17, 15) is 0 Å². The molecule has 2 nitrogen and oxygen atoms in total. The van der Waals surface area contributed by atoms with Crippen molar-refractivity contribution in [3.63, 3.8) is 0 Å². The minimum atomic E-state index is -1.85. The third-order valence-electron chi connectivity index (χ3n) is 4.05. The van der Waals surface area contributed by atoms with Crippen molar-refractivity contribution in [3.05, 3.63) is 53.5 Å². The van der Waals surface area contributed by atoms with E-state index < -0.39 is 8.32 Å². The van der Waals surface area contributed by atoms with Crippen LogP contribution in [0.3, 0.4) is 0 Å². The molecule has 0 fully saturated rings. The van der Waals surface area contributed by atoms with Crippen molar-refractivity contribution in [1.29, 1.82) is 0 Å². The van der Waals surface area contributed by atoms with E-state index in [0.717, 1.165) is 0 Å². The molecule has 0 spiro atoms. The van der Waals surface area contributed by atoms with Crippen LogP contribution >= 0.6 is 0 Å². The van der Waals surface area contributed by atoms with Gasteiger partial charge in [-0.05, 0) is 49.2 Å². The van der Waals surface area contributed by atoms with Crippen molar-refractivity contribution in [2.24, 2.45) is 0 Å². The van der Waals surface area contributed by atoms with Crippen LogP contribution in [0, 0.1) is 0 Å². The zero-order chi connectivity index (χ0) is 16.8. The van der Waals surface area contributed by atoms with Gasteiger partial charge in [0.2, 0.25) is 0 Å². The summed E-state index contributed by atoms with van der Waals surface area (Å²) >= 11 is 0. The number of ether oxygens (including phenoxy) is 1. The van der Waals surface area contributed by atoms with Crippen molar-refractivity contribution < 1.29 is 9.16 Å². The minimum Gasteiger partial charge on any atom is -0.519 e. The predicted octanol–water partition coefficient (Wildman–Crippen LogP) is 5.99. The van der Waals surface area contributed by atoms with Gasteiger partial charge < -0.3 is 9.16 Å². The van der Waals surface area contributed by atoms with Crippen LogP contribution in [-0.4, -0.2) is 14.9 Å². The molecule has 0 bridgehead atoms. The zero-order valence-corrected chi connectivity index (χ0v) is 16.1. The molecule has 0 N–H and O–H groups in total. The third-order valence-corrected chi connectivity index (χ3v) is 8.38. The predicted molar refractivity (Wildman–Crippen MR) is 98.1 cm³/mol. The molecule has 0 saturated heterocycles. The Morgan fingerprint density at radius 3 is 2.23 bits per heavy atom. The van der Waals surface area contributed by atoms with Gasteiger partial charge in [0.15, 0.2) is 0 Å². The highest BCUT2D eigenvalue weighted by molar-refractivity contribution is 6.74. The fourth-order valence-corrected chi connectivity index (χ4v) is 2.62. The molecular weight excluding hydrogens is 288 g/mol. The number of benzene rings is 1. The van der Waals surface area contributed by atoms with Gasteiger partial charge in [-0.2, -0.15) is 0 Å². The zero-order valence-electron chi connectivity index (χ0n) is 15.1. The second-order valence-corrected chi connectivity index (χ2v) is 11.9. The molecule has 1 rings (SSSR count). The van der Waals surface area contributed by atoms with Gasteiger partial charge in [-0.15, -0.1) is 0 Å². The van der Waals surface area contributed by atoms with Crippen molar-refractivity contribution in [1.82, 2.24) is 0 Å². The molecular formula is C19H30O2Si. The SMILES string of the molecule is C/C=C(/OC/C(C)=C/c1ccccc1)O[Si](C)(C)C(C)(C)C. The first-order chi connectivity index (χ1) is 10.2. The topological polar surface area (TPSA) is 18.5 Å². The summed E-state index contributed by atoms with van der Waals surface area (Å²) in [6, 6.07) is 10.3. The molecule has 1 aromatic rings. The second-order valence-electron chi connectivity index (χ2n) is 7.16. The number of rotatable bonds is 6. The van der Waals surface area contributed by atoms with Crippen LogP contribution in [0.25, 0.3) is 6.08 Å². The Morgan fingerprint density at radius 2 is 1.73 bits per heavy atom. The van der Waals surface area contributed by atoms with Crippen molar-refractivity contribution in [3.8, 4) is 0 Å². The molecule has 122 valence electrons. The number of hydrogen-bond donors (Lipinski definition) is 0. The van der Waals surface area contributed by atoms with Gasteiger partial charge in [0, 0.05) is 0 Å². The van der Waals surface area contributed by atoms with Gasteiger partial charge in [0.1, 0.15) is 6.61 Å². The number of hydrogen-bond acceptors (Lipinski definition) is 2. The van der Waals surface area contributed by atoms with Crippen molar-refractivity contribution >= 4 is 14.4 Å². The maximum Gasteiger partial charge on any atom is 0.261 e. The molecule has 22 heavy (non-hydrogen) atoms. The van der Waals surface area contributed by atoms with Crippen LogP contribution in [-0.2, 0) is 9.16 Å². The highest BCUT2D eigenvalue weighted by Gasteiger charge is 2.39. The summed E-state index contributed by atoms with van der Waals surface area (Å²) in [5.74, 6) is 0.646. The van der Waals surface area contributed by atoms with Crippen molar-refractivity contribution in [2.45, 2.75) is 52.8 Å². The lowest BCUT2D eigenvalue weighted by atomic mass is 10.1. The highest BCUT2D eigenvalue weighted by Crippen LogP contribution is 2.38. The summed E-state index contributed by atoms with van der Waals surface area (Å²) in [7, 11) is -1.85. The molecule has 0 heterocycles. The molecule has 0 aliphatic rings. The van der Waals surface area contributed by atoms with Crippen LogP contribution in [0.2, 0.25) is 18.1 Å². The van der Waals surface area contributed by atoms with Crippen LogP contribution in [0.4, 0.5) is 0 Å². The third kappa shape index (κ3) is 5.72. The van der Waals surface area contributed by atoms with Gasteiger partial charge in [-0.3, -0.25) is 0 Å². The Labute approximate surface area is 137 Å². The van der Waals surface area contributed by atoms with E-state index in [4.69, 9.17) is 9.16 Å². The largest absolute Gasteiger partial charge is 0.519 e. The molecule has 0 aromatic heterocycles. The standard InChI is InChI=1S/C19H30O2Si/c1-8-18(21-22(6,7)19(3,4)5)20-15-16(2)14-17-12-10-9-11-13-17/h8-14H,15H2,1-7H3/b16-14+,18-8-. The van der Waals surface area contributed by atoms with E-state index >= 15 is 0 Å². The lowest BCUT2D eigenvalue weighted by Crippen LogP contribution is -2.40.